The smallest absolute Gasteiger partial charge is 0.191 e. The highest BCUT2D eigenvalue weighted by molar-refractivity contribution is 5.80. The summed E-state index contributed by atoms with van der Waals surface area (Å²) in [4.78, 5) is 11.4. The van der Waals surface area contributed by atoms with Crippen LogP contribution in [-0.4, -0.2) is 55.7 Å². The Kier molecular flexibility index (Phi) is 7.50. The van der Waals surface area contributed by atoms with Crippen molar-refractivity contribution in [3.63, 3.8) is 0 Å². The van der Waals surface area contributed by atoms with Gasteiger partial charge in [-0.15, -0.1) is 0 Å². The molecule has 2 rings (SSSR count). The Balaban J connectivity index is 1.87. The lowest BCUT2D eigenvalue weighted by atomic mass is 10.1. The van der Waals surface area contributed by atoms with E-state index in [1.165, 1.54) is 26.1 Å². The molecule has 0 aliphatic carbocycles. The fraction of sp³-hybridized carbons (Fsp3) is 0.684. The number of aryl methyl sites for hydroxylation is 1. The minimum absolute atomic E-state index is 0.487. The lowest BCUT2D eigenvalue weighted by molar-refractivity contribution is 0.206. The molecule has 1 saturated heterocycles. The number of pyridine rings is 1. The first-order valence-electron chi connectivity index (χ1n) is 9.27. The van der Waals surface area contributed by atoms with Crippen LogP contribution in [0.3, 0.4) is 0 Å². The number of nitrogens with one attached hydrogen (secondary N) is 2. The second-order valence-corrected chi connectivity index (χ2v) is 6.73. The molecule has 1 aromatic heterocycles. The van der Waals surface area contributed by atoms with Gasteiger partial charge in [-0.05, 0) is 39.7 Å². The van der Waals surface area contributed by atoms with Crippen LogP contribution in [0.15, 0.2) is 11.2 Å². The van der Waals surface area contributed by atoms with Crippen LogP contribution >= 0.6 is 0 Å². The first-order valence-corrected chi connectivity index (χ1v) is 9.27. The first-order chi connectivity index (χ1) is 12.1. The summed E-state index contributed by atoms with van der Waals surface area (Å²) in [5.74, 6) is 1.76. The van der Waals surface area contributed by atoms with E-state index >= 15 is 0 Å². The molecule has 0 bridgehead atoms. The van der Waals surface area contributed by atoms with E-state index in [9.17, 15) is 0 Å². The van der Waals surface area contributed by atoms with Gasteiger partial charge in [0.25, 0.3) is 0 Å². The van der Waals surface area contributed by atoms with Gasteiger partial charge in [-0.25, -0.2) is 0 Å². The molecule has 2 N–H and O–H groups in total. The Hall–Kier alpha value is -1.82. The van der Waals surface area contributed by atoms with E-state index in [4.69, 9.17) is 4.74 Å². The van der Waals surface area contributed by atoms with Crippen molar-refractivity contribution in [2.24, 2.45) is 4.99 Å². The van der Waals surface area contributed by atoms with Crippen molar-refractivity contribution >= 4 is 5.96 Å². The van der Waals surface area contributed by atoms with Crippen LogP contribution in [0.2, 0.25) is 0 Å². The van der Waals surface area contributed by atoms with Crippen LogP contribution in [-0.2, 0) is 6.54 Å². The molecule has 0 aromatic carbocycles. The van der Waals surface area contributed by atoms with Gasteiger partial charge in [-0.2, -0.15) is 0 Å². The third-order valence-corrected chi connectivity index (χ3v) is 4.86. The fourth-order valence-electron chi connectivity index (χ4n) is 3.42. The second kappa shape index (κ2) is 9.61. The van der Waals surface area contributed by atoms with Crippen LogP contribution in [0.1, 0.15) is 43.0 Å². The van der Waals surface area contributed by atoms with Gasteiger partial charge in [-0.1, -0.05) is 6.92 Å². The van der Waals surface area contributed by atoms with E-state index in [1.54, 1.807) is 7.11 Å². The number of hydrogen-bond acceptors (Lipinski definition) is 4. The zero-order valence-corrected chi connectivity index (χ0v) is 16.4. The summed E-state index contributed by atoms with van der Waals surface area (Å²) >= 11 is 0. The number of rotatable bonds is 6. The van der Waals surface area contributed by atoms with E-state index in [1.807, 2.05) is 20.2 Å². The van der Waals surface area contributed by atoms with Crippen LogP contribution in [0.4, 0.5) is 0 Å². The van der Waals surface area contributed by atoms with Crippen LogP contribution in [0, 0.1) is 13.8 Å². The van der Waals surface area contributed by atoms with Gasteiger partial charge in [0.15, 0.2) is 5.96 Å². The van der Waals surface area contributed by atoms with Crippen molar-refractivity contribution in [2.45, 2.75) is 52.6 Å². The lowest BCUT2D eigenvalue weighted by Gasteiger charge is -2.32. The largest absolute Gasteiger partial charge is 0.496 e. The standard InChI is InChI=1S/C19H33N5O/c1-6-9-24-10-7-16(8-11-24)23-19(20-4)22-13-17-15(3)18(25-5)14(2)12-21-17/h12,16H,6-11,13H2,1-5H3,(H2,20,22,23). The highest BCUT2D eigenvalue weighted by Crippen LogP contribution is 2.23. The molecular weight excluding hydrogens is 314 g/mol. The van der Waals surface area contributed by atoms with E-state index in [0.717, 1.165) is 41.4 Å². The fourth-order valence-corrected chi connectivity index (χ4v) is 3.42. The first kappa shape index (κ1) is 19.5. The molecule has 1 fully saturated rings. The molecule has 0 atom stereocenters. The highest BCUT2D eigenvalue weighted by Gasteiger charge is 2.19. The number of piperidine rings is 1. The molecule has 0 amide bonds. The minimum atomic E-state index is 0.487. The van der Waals surface area contributed by atoms with Crippen LogP contribution < -0.4 is 15.4 Å². The van der Waals surface area contributed by atoms with E-state index in [-0.39, 0.29) is 0 Å². The van der Waals surface area contributed by atoms with Gasteiger partial charge in [-0.3, -0.25) is 9.98 Å². The number of aromatic nitrogens is 1. The van der Waals surface area contributed by atoms with Gasteiger partial charge in [0.1, 0.15) is 5.75 Å². The van der Waals surface area contributed by atoms with Gasteiger partial charge in [0, 0.05) is 43.5 Å². The van der Waals surface area contributed by atoms with E-state index < -0.39 is 0 Å². The number of likely N-dealkylation sites (tertiary alicyclic amines) is 1. The van der Waals surface area contributed by atoms with Crippen LogP contribution in [0.25, 0.3) is 0 Å². The molecule has 0 saturated carbocycles. The van der Waals surface area contributed by atoms with Crippen molar-refractivity contribution < 1.29 is 4.74 Å². The number of nitrogens with zero attached hydrogens (tertiary/aromatic N) is 3. The Labute approximate surface area is 152 Å². The SMILES string of the molecule is CCCN1CCC(NC(=NC)NCc2ncc(C)c(OC)c2C)CC1. The van der Waals surface area contributed by atoms with Crippen molar-refractivity contribution in [2.75, 3.05) is 33.8 Å². The molecule has 0 unspecified atom stereocenters. The summed E-state index contributed by atoms with van der Waals surface area (Å²) < 4.78 is 5.48. The highest BCUT2D eigenvalue weighted by atomic mass is 16.5. The van der Waals surface area contributed by atoms with E-state index in [2.05, 4.69) is 39.4 Å². The van der Waals surface area contributed by atoms with Crippen molar-refractivity contribution in [1.82, 2.24) is 20.5 Å². The summed E-state index contributed by atoms with van der Waals surface area (Å²) in [7, 11) is 3.52. The number of hydrogen-bond donors (Lipinski definition) is 2. The molecule has 140 valence electrons. The Morgan fingerprint density at radius 1 is 1.36 bits per heavy atom. The number of ether oxygens (including phenoxy) is 1. The number of aliphatic imine (C=N–C) groups is 1. The molecule has 25 heavy (non-hydrogen) atoms. The molecule has 0 spiro atoms. The Morgan fingerprint density at radius 2 is 2.08 bits per heavy atom. The predicted octanol–water partition coefficient (Wildman–Crippen LogP) is 2.25. The summed E-state index contributed by atoms with van der Waals surface area (Å²) in [5, 5.41) is 6.94. The quantitative estimate of drug-likeness (QED) is 0.610. The van der Waals surface area contributed by atoms with Crippen molar-refractivity contribution in [1.29, 1.82) is 0 Å². The molecule has 1 aliphatic rings. The normalized spacial score (nSPS) is 16.8. The van der Waals surface area contributed by atoms with Gasteiger partial charge >= 0.3 is 0 Å². The molecule has 6 heteroatoms. The second-order valence-electron chi connectivity index (χ2n) is 6.73. The molecule has 2 heterocycles. The zero-order valence-electron chi connectivity index (χ0n) is 16.4. The minimum Gasteiger partial charge on any atom is -0.496 e. The third kappa shape index (κ3) is 5.33. The molecule has 1 aromatic rings. The third-order valence-electron chi connectivity index (χ3n) is 4.86. The predicted molar refractivity (Wildman–Crippen MR) is 103 cm³/mol. The maximum Gasteiger partial charge on any atom is 0.191 e. The molecular formula is C19H33N5O. The average molecular weight is 348 g/mol. The van der Waals surface area contributed by atoms with Gasteiger partial charge < -0.3 is 20.3 Å². The lowest BCUT2D eigenvalue weighted by Crippen LogP contribution is -2.48. The van der Waals surface area contributed by atoms with Crippen molar-refractivity contribution in [3.8, 4) is 5.75 Å². The van der Waals surface area contributed by atoms with Gasteiger partial charge in [0.05, 0.1) is 19.3 Å². The Morgan fingerprint density at radius 3 is 2.68 bits per heavy atom. The average Bonchev–Trinajstić information content (AvgIpc) is 2.62. The summed E-state index contributed by atoms with van der Waals surface area (Å²) in [6.07, 6.45) is 5.42. The Bertz CT molecular complexity index is 579. The number of methoxy groups -OCH3 is 1. The zero-order chi connectivity index (χ0) is 18.2. The summed E-state index contributed by atoms with van der Waals surface area (Å²) in [5.41, 5.74) is 3.13. The van der Waals surface area contributed by atoms with Crippen LogP contribution in [0.5, 0.6) is 5.75 Å². The number of guanidine groups is 1. The van der Waals surface area contributed by atoms with Crippen molar-refractivity contribution in [3.05, 3.63) is 23.0 Å². The maximum atomic E-state index is 5.48. The maximum absolute atomic E-state index is 5.48. The topological polar surface area (TPSA) is 61.8 Å². The molecule has 1 aliphatic heterocycles. The summed E-state index contributed by atoms with van der Waals surface area (Å²) in [6, 6.07) is 0.487. The monoisotopic (exact) mass is 347 g/mol. The summed E-state index contributed by atoms with van der Waals surface area (Å²) in [6.45, 7) is 10.5. The van der Waals surface area contributed by atoms with Gasteiger partial charge in [0.2, 0.25) is 0 Å². The molecule has 0 radical (unpaired) electrons. The van der Waals surface area contributed by atoms with E-state index in [0.29, 0.717) is 12.6 Å². The molecule has 6 nitrogen and oxygen atoms in total.